The monoisotopic (exact) mass is 219 g/mol. The van der Waals surface area contributed by atoms with Crippen LogP contribution in [0.1, 0.15) is 10.4 Å². The number of anilines is 2. The van der Waals surface area contributed by atoms with Crippen molar-refractivity contribution in [3.63, 3.8) is 0 Å². The molecule has 0 aliphatic carbocycles. The number of hydrogen-bond acceptors (Lipinski definition) is 6. The summed E-state index contributed by atoms with van der Waals surface area (Å²) in [4.78, 5) is 16.7. The number of nitrogens with one attached hydrogen (secondary N) is 1. The predicted molar refractivity (Wildman–Crippen MR) is 55.4 cm³/mol. The van der Waals surface area contributed by atoms with Crippen LogP contribution in [-0.4, -0.2) is 31.1 Å². The molecular formula is C8H9N7O. The summed E-state index contributed by atoms with van der Waals surface area (Å²) in [7, 11) is 1.60. The molecule has 0 saturated carbocycles. The number of carbonyl (C=O) groups excluding carboxylic acids is 1. The molecule has 8 nitrogen and oxygen atoms in total. The van der Waals surface area contributed by atoms with Crippen LogP contribution in [0.25, 0.3) is 0 Å². The van der Waals surface area contributed by atoms with E-state index in [1.807, 2.05) is 0 Å². The van der Waals surface area contributed by atoms with E-state index in [1.165, 1.54) is 23.3 Å². The molecule has 0 aromatic carbocycles. The molecule has 2 rings (SSSR count). The average Bonchev–Trinajstić information content (AvgIpc) is 2.64. The zero-order valence-electron chi connectivity index (χ0n) is 8.45. The largest absolute Gasteiger partial charge is 0.397 e. The number of tetrazole rings is 1. The van der Waals surface area contributed by atoms with Crippen molar-refractivity contribution in [1.82, 2.24) is 25.2 Å². The summed E-state index contributed by atoms with van der Waals surface area (Å²) in [6.45, 7) is 0. The molecular weight excluding hydrogens is 210 g/mol. The van der Waals surface area contributed by atoms with E-state index in [0.717, 1.165) is 0 Å². The number of pyridine rings is 1. The summed E-state index contributed by atoms with van der Waals surface area (Å²) in [5.41, 5.74) is 6.21. The number of aryl methyl sites for hydroxylation is 1. The number of rotatable bonds is 2. The van der Waals surface area contributed by atoms with Crippen LogP contribution in [0.15, 0.2) is 18.5 Å². The lowest BCUT2D eigenvalue weighted by Crippen LogP contribution is -2.15. The Morgan fingerprint density at radius 3 is 3.00 bits per heavy atom. The molecule has 0 radical (unpaired) electrons. The first kappa shape index (κ1) is 10.0. The van der Waals surface area contributed by atoms with Gasteiger partial charge in [0.25, 0.3) is 11.9 Å². The topological polar surface area (TPSA) is 112 Å². The molecule has 0 fully saturated rings. The lowest BCUT2D eigenvalue weighted by molar-refractivity contribution is 0.102. The Morgan fingerprint density at radius 1 is 1.56 bits per heavy atom. The van der Waals surface area contributed by atoms with Crippen LogP contribution in [0.2, 0.25) is 0 Å². The maximum Gasteiger partial charge on any atom is 0.270 e. The fraction of sp³-hybridized carbons (Fsp3) is 0.125. The lowest BCUT2D eigenvalue weighted by atomic mass is 10.2. The molecule has 0 unspecified atom stereocenters. The maximum absolute atomic E-state index is 11.7. The highest BCUT2D eigenvalue weighted by Gasteiger charge is 2.11. The second kappa shape index (κ2) is 3.93. The number of amides is 1. The third-order valence-corrected chi connectivity index (χ3v) is 1.83. The second-order valence-electron chi connectivity index (χ2n) is 3.02. The van der Waals surface area contributed by atoms with Gasteiger partial charge in [0, 0.05) is 6.20 Å². The van der Waals surface area contributed by atoms with Gasteiger partial charge >= 0.3 is 0 Å². The SMILES string of the molecule is Cn1nnc(NC(=O)c2ccncc2N)n1. The Kier molecular flexibility index (Phi) is 2.46. The fourth-order valence-corrected chi connectivity index (χ4v) is 1.12. The molecule has 16 heavy (non-hydrogen) atoms. The van der Waals surface area contributed by atoms with Crippen LogP contribution in [-0.2, 0) is 7.05 Å². The van der Waals surface area contributed by atoms with Crippen LogP contribution >= 0.6 is 0 Å². The van der Waals surface area contributed by atoms with Crippen LogP contribution in [0.4, 0.5) is 11.6 Å². The molecule has 2 aromatic heterocycles. The number of aromatic nitrogens is 5. The lowest BCUT2D eigenvalue weighted by Gasteiger charge is -2.02. The zero-order chi connectivity index (χ0) is 11.5. The van der Waals surface area contributed by atoms with Gasteiger partial charge in [0.05, 0.1) is 24.5 Å². The van der Waals surface area contributed by atoms with Crippen LogP contribution in [0, 0.1) is 0 Å². The first-order valence-corrected chi connectivity index (χ1v) is 4.41. The molecule has 0 spiro atoms. The van der Waals surface area contributed by atoms with Crippen molar-refractivity contribution >= 4 is 17.5 Å². The predicted octanol–water partition coefficient (Wildman–Crippen LogP) is -0.560. The Hall–Kier alpha value is -2.51. The average molecular weight is 219 g/mol. The molecule has 0 atom stereocenters. The second-order valence-corrected chi connectivity index (χ2v) is 3.02. The molecule has 0 aliphatic heterocycles. The van der Waals surface area contributed by atoms with Gasteiger partial charge in [-0.1, -0.05) is 5.10 Å². The highest BCUT2D eigenvalue weighted by molar-refractivity contribution is 6.06. The van der Waals surface area contributed by atoms with Gasteiger partial charge in [-0.25, -0.2) is 0 Å². The normalized spacial score (nSPS) is 10.1. The van der Waals surface area contributed by atoms with E-state index in [-0.39, 0.29) is 5.95 Å². The van der Waals surface area contributed by atoms with Gasteiger partial charge in [0.1, 0.15) is 0 Å². The summed E-state index contributed by atoms with van der Waals surface area (Å²) < 4.78 is 0. The molecule has 82 valence electrons. The van der Waals surface area contributed by atoms with Gasteiger partial charge in [-0.05, 0) is 11.3 Å². The third kappa shape index (κ3) is 1.95. The van der Waals surface area contributed by atoms with Crippen molar-refractivity contribution in [2.45, 2.75) is 0 Å². The summed E-state index contributed by atoms with van der Waals surface area (Å²) in [6.07, 6.45) is 2.88. The van der Waals surface area contributed by atoms with E-state index in [1.54, 1.807) is 7.05 Å². The smallest absolute Gasteiger partial charge is 0.270 e. The molecule has 8 heteroatoms. The van der Waals surface area contributed by atoms with Crippen LogP contribution in [0.3, 0.4) is 0 Å². The minimum Gasteiger partial charge on any atom is -0.397 e. The Bertz CT molecular complexity index is 521. The summed E-state index contributed by atoms with van der Waals surface area (Å²) in [5.74, 6) is -0.267. The summed E-state index contributed by atoms with van der Waals surface area (Å²) in [5, 5.41) is 13.5. The molecule has 1 amide bonds. The van der Waals surface area contributed by atoms with Gasteiger partial charge in [-0.3, -0.25) is 15.1 Å². The third-order valence-electron chi connectivity index (χ3n) is 1.83. The Morgan fingerprint density at radius 2 is 2.38 bits per heavy atom. The number of nitrogens with two attached hydrogens (primary N) is 1. The standard InChI is InChI=1S/C8H9N7O/c1-15-13-8(12-14-15)11-7(16)5-2-3-10-4-6(5)9/h2-4H,9H2,1H3,(H,11,13,16). The fourth-order valence-electron chi connectivity index (χ4n) is 1.12. The summed E-state index contributed by atoms with van der Waals surface area (Å²) in [6, 6.07) is 1.51. The van der Waals surface area contributed by atoms with Crippen molar-refractivity contribution in [3.05, 3.63) is 24.0 Å². The molecule has 0 bridgehead atoms. The van der Waals surface area contributed by atoms with E-state index in [2.05, 4.69) is 25.7 Å². The van der Waals surface area contributed by atoms with E-state index in [9.17, 15) is 4.79 Å². The van der Waals surface area contributed by atoms with E-state index < -0.39 is 5.91 Å². The first-order chi connectivity index (χ1) is 7.66. The number of hydrogen-bond donors (Lipinski definition) is 2. The molecule has 0 saturated heterocycles. The molecule has 2 heterocycles. The minimum absolute atomic E-state index is 0.128. The van der Waals surface area contributed by atoms with Gasteiger partial charge in [0.2, 0.25) is 0 Å². The van der Waals surface area contributed by atoms with E-state index in [0.29, 0.717) is 11.3 Å². The van der Waals surface area contributed by atoms with Crippen molar-refractivity contribution in [1.29, 1.82) is 0 Å². The Balaban J connectivity index is 2.18. The number of nitrogen functional groups attached to an aromatic ring is 1. The maximum atomic E-state index is 11.7. The number of nitrogens with zero attached hydrogens (tertiary/aromatic N) is 5. The van der Waals surface area contributed by atoms with E-state index in [4.69, 9.17) is 5.73 Å². The zero-order valence-corrected chi connectivity index (χ0v) is 8.45. The highest BCUT2D eigenvalue weighted by Crippen LogP contribution is 2.09. The van der Waals surface area contributed by atoms with E-state index >= 15 is 0 Å². The van der Waals surface area contributed by atoms with Gasteiger partial charge in [-0.15, -0.1) is 5.10 Å². The minimum atomic E-state index is -0.395. The quantitative estimate of drug-likeness (QED) is 0.700. The van der Waals surface area contributed by atoms with Gasteiger partial charge < -0.3 is 5.73 Å². The van der Waals surface area contributed by atoms with Crippen molar-refractivity contribution in [3.8, 4) is 0 Å². The Labute approximate surface area is 90.5 Å². The van der Waals surface area contributed by atoms with Crippen molar-refractivity contribution in [2.24, 2.45) is 7.05 Å². The van der Waals surface area contributed by atoms with Crippen LogP contribution in [0.5, 0.6) is 0 Å². The van der Waals surface area contributed by atoms with Crippen LogP contribution < -0.4 is 11.1 Å². The molecule has 3 N–H and O–H groups in total. The van der Waals surface area contributed by atoms with Crippen molar-refractivity contribution < 1.29 is 4.79 Å². The number of carbonyl (C=O) groups is 1. The van der Waals surface area contributed by atoms with Gasteiger partial charge in [-0.2, -0.15) is 4.80 Å². The first-order valence-electron chi connectivity index (χ1n) is 4.41. The van der Waals surface area contributed by atoms with Crippen molar-refractivity contribution in [2.75, 3.05) is 11.1 Å². The molecule has 0 aliphatic rings. The van der Waals surface area contributed by atoms with Gasteiger partial charge in [0.15, 0.2) is 0 Å². The summed E-state index contributed by atoms with van der Waals surface area (Å²) >= 11 is 0. The molecule has 2 aromatic rings. The highest BCUT2D eigenvalue weighted by atomic mass is 16.1.